The number of Topliss-reactive ketones (excluding diaryl/α,β-unsaturated/α-hetero) is 1. The van der Waals surface area contributed by atoms with Crippen molar-refractivity contribution in [3.8, 4) is 0 Å². The van der Waals surface area contributed by atoms with Crippen molar-refractivity contribution in [3.63, 3.8) is 0 Å². The van der Waals surface area contributed by atoms with Gasteiger partial charge >= 0.3 is 0 Å². The third-order valence-corrected chi connectivity index (χ3v) is 5.67. The minimum atomic E-state index is 0.0789. The molecule has 1 amide bonds. The van der Waals surface area contributed by atoms with Crippen LogP contribution in [0.2, 0.25) is 0 Å². The molecule has 0 aliphatic carbocycles. The van der Waals surface area contributed by atoms with E-state index in [0.29, 0.717) is 32.7 Å². The summed E-state index contributed by atoms with van der Waals surface area (Å²) in [6.45, 7) is 9.08. The van der Waals surface area contributed by atoms with Gasteiger partial charge in [-0.3, -0.25) is 14.5 Å². The molecular formula is C24H27N3O2. The van der Waals surface area contributed by atoms with Crippen LogP contribution in [0, 0.1) is 20.8 Å². The van der Waals surface area contributed by atoms with Gasteiger partial charge in [0, 0.05) is 53.9 Å². The number of amides is 1. The summed E-state index contributed by atoms with van der Waals surface area (Å²) in [7, 11) is 0. The second-order valence-electron chi connectivity index (χ2n) is 8.04. The molecule has 1 fully saturated rings. The summed E-state index contributed by atoms with van der Waals surface area (Å²) in [5.74, 6) is 0.212. The van der Waals surface area contributed by atoms with E-state index in [2.05, 4.69) is 16.0 Å². The fraction of sp³-hybridized carbons (Fsp3) is 0.333. The maximum atomic E-state index is 13.0. The fourth-order valence-corrected chi connectivity index (χ4v) is 4.31. The maximum absolute atomic E-state index is 13.0. The number of nitrogens with zero attached hydrogens (tertiary/aromatic N) is 2. The standard InChI is InChI=1S/C24H27N3O2/c1-16-12-17(2)14-19(13-16)24(29)27-10-8-26(9-11-27)15-22(28)23-18(3)25-21-7-5-4-6-20(21)23/h4-7,12-14,25H,8-11,15H2,1-3H3. The minimum Gasteiger partial charge on any atom is -0.358 e. The van der Waals surface area contributed by atoms with Crippen molar-refractivity contribution in [1.29, 1.82) is 0 Å². The first-order valence-electron chi connectivity index (χ1n) is 10.1. The molecule has 0 saturated carbocycles. The van der Waals surface area contributed by atoms with Crippen LogP contribution in [0.3, 0.4) is 0 Å². The van der Waals surface area contributed by atoms with Gasteiger partial charge in [0.2, 0.25) is 0 Å². The maximum Gasteiger partial charge on any atom is 0.253 e. The number of rotatable bonds is 4. The lowest BCUT2D eigenvalue weighted by molar-refractivity contribution is 0.0624. The third-order valence-electron chi connectivity index (χ3n) is 5.67. The normalized spacial score (nSPS) is 15.1. The van der Waals surface area contributed by atoms with Crippen molar-refractivity contribution in [1.82, 2.24) is 14.8 Å². The number of benzene rings is 2. The van der Waals surface area contributed by atoms with Crippen LogP contribution in [-0.2, 0) is 0 Å². The molecule has 29 heavy (non-hydrogen) atoms. The SMILES string of the molecule is Cc1cc(C)cc(C(=O)N2CCN(CC(=O)c3c(C)[nH]c4ccccc34)CC2)c1. The van der Waals surface area contributed by atoms with Gasteiger partial charge in [0.05, 0.1) is 6.54 Å². The quantitative estimate of drug-likeness (QED) is 0.692. The molecule has 0 atom stereocenters. The number of carbonyl (C=O) groups excluding carboxylic acids is 2. The van der Waals surface area contributed by atoms with Crippen LogP contribution >= 0.6 is 0 Å². The first-order chi connectivity index (χ1) is 13.9. The van der Waals surface area contributed by atoms with Gasteiger partial charge in [-0.05, 0) is 39.0 Å². The highest BCUT2D eigenvalue weighted by Crippen LogP contribution is 2.23. The van der Waals surface area contributed by atoms with E-state index in [-0.39, 0.29) is 11.7 Å². The van der Waals surface area contributed by atoms with Gasteiger partial charge in [-0.1, -0.05) is 35.4 Å². The van der Waals surface area contributed by atoms with Gasteiger partial charge < -0.3 is 9.88 Å². The molecule has 2 heterocycles. The summed E-state index contributed by atoms with van der Waals surface area (Å²) >= 11 is 0. The number of aromatic nitrogens is 1. The number of H-pyrrole nitrogens is 1. The highest BCUT2D eigenvalue weighted by atomic mass is 16.2. The van der Waals surface area contributed by atoms with E-state index in [1.165, 1.54) is 0 Å². The monoisotopic (exact) mass is 389 g/mol. The summed E-state index contributed by atoms with van der Waals surface area (Å²) in [4.78, 5) is 33.2. The highest BCUT2D eigenvalue weighted by Gasteiger charge is 2.25. The summed E-state index contributed by atoms with van der Waals surface area (Å²) in [5, 5.41) is 0.985. The number of aryl methyl sites for hydroxylation is 3. The Labute approximate surface area is 171 Å². The Morgan fingerprint density at radius 3 is 2.28 bits per heavy atom. The molecule has 5 heteroatoms. The molecule has 0 radical (unpaired) electrons. The first-order valence-corrected chi connectivity index (χ1v) is 10.1. The Balaban J connectivity index is 1.40. The average Bonchev–Trinajstić information content (AvgIpc) is 3.03. The molecule has 1 aliphatic rings. The number of hydrogen-bond acceptors (Lipinski definition) is 3. The number of carbonyl (C=O) groups is 2. The molecule has 4 rings (SSSR count). The molecule has 1 N–H and O–H groups in total. The van der Waals surface area contributed by atoms with Crippen LogP contribution in [0.25, 0.3) is 10.9 Å². The van der Waals surface area contributed by atoms with Crippen molar-refractivity contribution in [2.24, 2.45) is 0 Å². The van der Waals surface area contributed by atoms with E-state index < -0.39 is 0 Å². The van der Waals surface area contributed by atoms with E-state index in [4.69, 9.17) is 0 Å². The Morgan fingerprint density at radius 2 is 1.59 bits per heavy atom. The number of para-hydroxylation sites is 1. The molecular weight excluding hydrogens is 362 g/mol. The van der Waals surface area contributed by atoms with Crippen LogP contribution in [0.15, 0.2) is 42.5 Å². The zero-order valence-electron chi connectivity index (χ0n) is 17.3. The fourth-order valence-electron chi connectivity index (χ4n) is 4.31. The molecule has 1 aromatic heterocycles. The Hall–Kier alpha value is -2.92. The summed E-state index contributed by atoms with van der Waals surface area (Å²) in [6.07, 6.45) is 0. The zero-order chi connectivity index (χ0) is 20.5. The molecule has 2 aromatic carbocycles. The number of hydrogen-bond donors (Lipinski definition) is 1. The number of aromatic amines is 1. The van der Waals surface area contributed by atoms with Crippen molar-refractivity contribution in [2.75, 3.05) is 32.7 Å². The van der Waals surface area contributed by atoms with Gasteiger partial charge in [-0.2, -0.15) is 0 Å². The average molecular weight is 389 g/mol. The number of piperazine rings is 1. The predicted molar refractivity (Wildman–Crippen MR) is 116 cm³/mol. The van der Waals surface area contributed by atoms with Crippen molar-refractivity contribution < 1.29 is 9.59 Å². The van der Waals surface area contributed by atoms with E-state index >= 15 is 0 Å². The molecule has 0 spiro atoms. The smallest absolute Gasteiger partial charge is 0.253 e. The lowest BCUT2D eigenvalue weighted by Crippen LogP contribution is -2.50. The minimum absolute atomic E-state index is 0.0789. The molecule has 1 aliphatic heterocycles. The number of nitrogens with one attached hydrogen (secondary N) is 1. The van der Waals surface area contributed by atoms with E-state index in [1.54, 1.807) is 0 Å². The van der Waals surface area contributed by atoms with Gasteiger partial charge in [-0.25, -0.2) is 0 Å². The molecule has 150 valence electrons. The highest BCUT2D eigenvalue weighted by molar-refractivity contribution is 6.10. The largest absolute Gasteiger partial charge is 0.358 e. The molecule has 5 nitrogen and oxygen atoms in total. The predicted octanol–water partition coefficient (Wildman–Crippen LogP) is 3.73. The van der Waals surface area contributed by atoms with Crippen LogP contribution in [0.5, 0.6) is 0 Å². The first kappa shape index (κ1) is 19.4. The zero-order valence-corrected chi connectivity index (χ0v) is 17.3. The number of ketones is 1. The van der Waals surface area contributed by atoms with Crippen LogP contribution in [0.4, 0.5) is 0 Å². The second kappa shape index (κ2) is 7.84. The van der Waals surface area contributed by atoms with Gasteiger partial charge in [0.15, 0.2) is 5.78 Å². The van der Waals surface area contributed by atoms with Crippen molar-refractivity contribution >= 4 is 22.6 Å². The molecule has 1 saturated heterocycles. The van der Waals surface area contributed by atoms with Crippen molar-refractivity contribution in [3.05, 3.63) is 70.4 Å². The second-order valence-corrected chi connectivity index (χ2v) is 8.04. The van der Waals surface area contributed by atoms with E-state index in [1.807, 2.05) is 62.1 Å². The third kappa shape index (κ3) is 3.96. The van der Waals surface area contributed by atoms with E-state index in [0.717, 1.165) is 38.9 Å². The lowest BCUT2D eigenvalue weighted by atomic mass is 10.1. The summed E-state index contributed by atoms with van der Waals surface area (Å²) in [6, 6.07) is 13.9. The summed E-state index contributed by atoms with van der Waals surface area (Å²) in [5.41, 5.74) is 5.66. The Bertz CT molecular complexity index is 1050. The number of fused-ring (bicyclic) bond motifs is 1. The topological polar surface area (TPSA) is 56.4 Å². The van der Waals surface area contributed by atoms with Crippen LogP contribution in [0.1, 0.15) is 37.5 Å². The van der Waals surface area contributed by atoms with Crippen LogP contribution in [-0.4, -0.2) is 59.2 Å². The Morgan fingerprint density at radius 1 is 0.931 bits per heavy atom. The van der Waals surface area contributed by atoms with E-state index in [9.17, 15) is 9.59 Å². The lowest BCUT2D eigenvalue weighted by Gasteiger charge is -2.34. The van der Waals surface area contributed by atoms with Gasteiger partial charge in [-0.15, -0.1) is 0 Å². The molecule has 0 unspecified atom stereocenters. The molecule has 0 bridgehead atoms. The van der Waals surface area contributed by atoms with Crippen LogP contribution < -0.4 is 0 Å². The summed E-state index contributed by atoms with van der Waals surface area (Å²) < 4.78 is 0. The van der Waals surface area contributed by atoms with Crippen molar-refractivity contribution in [2.45, 2.75) is 20.8 Å². The van der Waals surface area contributed by atoms with Gasteiger partial charge in [0.1, 0.15) is 0 Å². The van der Waals surface area contributed by atoms with Gasteiger partial charge in [0.25, 0.3) is 5.91 Å². The Kier molecular flexibility index (Phi) is 5.24. The molecule has 3 aromatic rings.